The van der Waals surface area contributed by atoms with Gasteiger partial charge in [0.25, 0.3) is 5.56 Å². The Morgan fingerprint density at radius 1 is 1.16 bits per heavy atom. The molecule has 1 aliphatic heterocycles. The Morgan fingerprint density at radius 3 is 2.54 bits per heavy atom. The lowest BCUT2D eigenvalue weighted by Gasteiger charge is -2.30. The number of hydrogen-bond acceptors (Lipinski definition) is 6. The highest BCUT2D eigenvalue weighted by atomic mass is 32.2. The third-order valence-electron chi connectivity index (χ3n) is 6.86. The molecular weight excluding hydrogens is 502 g/mol. The van der Waals surface area contributed by atoms with Crippen molar-refractivity contribution in [2.24, 2.45) is 0 Å². The molecule has 0 N–H and O–H groups in total. The maximum Gasteiger partial charge on any atom is 0.263 e. The van der Waals surface area contributed by atoms with Crippen LogP contribution in [0.15, 0.2) is 40.3 Å². The van der Waals surface area contributed by atoms with Gasteiger partial charge in [0.2, 0.25) is 5.91 Å². The first kappa shape index (κ1) is 27.9. The predicted octanol–water partition coefficient (Wildman–Crippen LogP) is 6.07. The maximum atomic E-state index is 14.0. The van der Waals surface area contributed by atoms with Gasteiger partial charge in [-0.25, -0.2) is 4.98 Å². The molecule has 6 nitrogen and oxygen atoms in total. The highest BCUT2D eigenvalue weighted by molar-refractivity contribution is 7.99. The van der Waals surface area contributed by atoms with E-state index in [1.54, 1.807) is 15.9 Å². The number of amides is 1. The first-order valence-corrected chi connectivity index (χ1v) is 15.3. The summed E-state index contributed by atoms with van der Waals surface area (Å²) in [5, 5.41) is 1.36. The van der Waals surface area contributed by atoms with Gasteiger partial charge in [-0.1, -0.05) is 68.8 Å². The van der Waals surface area contributed by atoms with Crippen molar-refractivity contribution >= 4 is 39.2 Å². The van der Waals surface area contributed by atoms with Gasteiger partial charge in [0.05, 0.1) is 23.3 Å². The number of benzene rings is 1. The van der Waals surface area contributed by atoms with Crippen LogP contribution in [0.3, 0.4) is 0 Å². The number of rotatable bonds is 12. The Balaban J connectivity index is 1.65. The van der Waals surface area contributed by atoms with Gasteiger partial charge < -0.3 is 9.64 Å². The summed E-state index contributed by atoms with van der Waals surface area (Å²) in [6, 6.07) is 10.2. The Morgan fingerprint density at radius 2 is 1.86 bits per heavy atom. The van der Waals surface area contributed by atoms with Gasteiger partial charge in [-0.15, -0.1) is 11.3 Å². The molecular formula is C29H39N3O3S2. The van der Waals surface area contributed by atoms with E-state index in [-0.39, 0.29) is 22.8 Å². The molecule has 1 aliphatic rings. The minimum Gasteiger partial charge on any atom is -0.370 e. The van der Waals surface area contributed by atoms with Crippen molar-refractivity contribution in [2.75, 3.05) is 18.8 Å². The van der Waals surface area contributed by atoms with E-state index in [9.17, 15) is 9.59 Å². The number of aromatic nitrogens is 2. The summed E-state index contributed by atoms with van der Waals surface area (Å²) in [5.74, 6) is 0.411. The van der Waals surface area contributed by atoms with Crippen molar-refractivity contribution in [3.8, 4) is 0 Å². The number of aryl methyl sites for hydroxylation is 1. The van der Waals surface area contributed by atoms with Crippen molar-refractivity contribution in [1.29, 1.82) is 0 Å². The largest absolute Gasteiger partial charge is 0.370 e. The molecule has 0 aliphatic carbocycles. The minimum atomic E-state index is -0.303. The monoisotopic (exact) mass is 541 g/mol. The summed E-state index contributed by atoms with van der Waals surface area (Å²) < 4.78 is 7.81. The van der Waals surface area contributed by atoms with Crippen LogP contribution in [0.2, 0.25) is 0 Å². The Hall–Kier alpha value is -2.16. The average Bonchev–Trinajstić information content (AvgIpc) is 3.24. The molecule has 0 saturated carbocycles. The van der Waals surface area contributed by atoms with Crippen LogP contribution in [0.4, 0.5) is 0 Å². The van der Waals surface area contributed by atoms with Gasteiger partial charge in [-0.3, -0.25) is 14.2 Å². The van der Waals surface area contributed by atoms with Crippen LogP contribution >= 0.6 is 23.1 Å². The fourth-order valence-electron chi connectivity index (χ4n) is 4.68. The lowest BCUT2D eigenvalue weighted by Crippen LogP contribution is -2.34. The second-order valence-corrected chi connectivity index (χ2v) is 12.4. The molecule has 0 unspecified atom stereocenters. The van der Waals surface area contributed by atoms with Crippen molar-refractivity contribution < 1.29 is 9.53 Å². The molecule has 200 valence electrons. The van der Waals surface area contributed by atoms with E-state index in [1.165, 1.54) is 17.3 Å². The Kier molecular flexibility index (Phi) is 9.48. The summed E-state index contributed by atoms with van der Waals surface area (Å²) in [6.07, 6.45) is 5.56. The Labute approximate surface area is 228 Å². The number of unbranched alkanes of at least 4 members (excludes halogenated alkanes) is 2. The van der Waals surface area contributed by atoms with Crippen LogP contribution in [0.1, 0.15) is 69.4 Å². The standard InChI is InChI=1S/C29H39N3O3S2/c1-5-7-15-31(16-8-6-2)24(33)20-36-28-30-26-25(22-18-29(3,4)35-19-23(22)37-26)27(34)32(28)17-14-21-12-10-9-11-13-21/h9-13H,5-8,14-20H2,1-4H3. The number of hydrogen-bond donors (Lipinski definition) is 0. The number of carbonyl (C=O) groups excluding carboxylic acids is 1. The summed E-state index contributed by atoms with van der Waals surface area (Å²) in [4.78, 5) is 35.9. The van der Waals surface area contributed by atoms with Gasteiger partial charge in [-0.2, -0.15) is 0 Å². The quantitative estimate of drug-likeness (QED) is 0.206. The zero-order valence-electron chi connectivity index (χ0n) is 22.5. The molecule has 3 heterocycles. The third-order valence-corrected chi connectivity index (χ3v) is 8.92. The molecule has 3 aromatic rings. The fraction of sp³-hybridized carbons (Fsp3) is 0.552. The van der Waals surface area contributed by atoms with E-state index in [1.807, 2.05) is 23.1 Å². The normalized spacial score (nSPS) is 14.6. The number of fused-ring (bicyclic) bond motifs is 3. The van der Waals surface area contributed by atoms with E-state index in [0.29, 0.717) is 24.7 Å². The van der Waals surface area contributed by atoms with E-state index in [4.69, 9.17) is 9.72 Å². The first-order valence-electron chi connectivity index (χ1n) is 13.5. The molecule has 1 aromatic carbocycles. The van der Waals surface area contributed by atoms with Crippen molar-refractivity contribution in [3.05, 3.63) is 56.7 Å². The minimum absolute atomic E-state index is 0.0000906. The average molecular weight is 542 g/mol. The van der Waals surface area contributed by atoms with Gasteiger partial charge >= 0.3 is 0 Å². The van der Waals surface area contributed by atoms with Crippen LogP contribution in [0.5, 0.6) is 0 Å². The number of thioether (sulfide) groups is 1. The van der Waals surface area contributed by atoms with E-state index in [0.717, 1.165) is 65.9 Å². The van der Waals surface area contributed by atoms with Gasteiger partial charge in [-0.05, 0) is 44.2 Å². The molecule has 0 spiro atoms. The van der Waals surface area contributed by atoms with Gasteiger partial charge in [0, 0.05) is 30.9 Å². The predicted molar refractivity (Wildman–Crippen MR) is 154 cm³/mol. The van der Waals surface area contributed by atoms with Gasteiger partial charge in [0.1, 0.15) is 4.83 Å². The number of ether oxygens (including phenoxy) is 1. The van der Waals surface area contributed by atoms with Crippen LogP contribution in [0, 0.1) is 0 Å². The zero-order chi connectivity index (χ0) is 26.4. The molecule has 4 rings (SSSR count). The van der Waals surface area contributed by atoms with Crippen LogP contribution in [-0.2, 0) is 35.5 Å². The topological polar surface area (TPSA) is 64.4 Å². The lowest BCUT2D eigenvalue weighted by atomic mass is 9.94. The highest BCUT2D eigenvalue weighted by Gasteiger charge is 2.31. The number of thiophene rings is 1. The molecule has 0 saturated heterocycles. The van der Waals surface area contributed by atoms with Crippen LogP contribution < -0.4 is 5.56 Å². The summed E-state index contributed by atoms with van der Waals surface area (Å²) in [5.41, 5.74) is 1.96. The molecule has 8 heteroatoms. The maximum absolute atomic E-state index is 14.0. The summed E-state index contributed by atoms with van der Waals surface area (Å²) >= 11 is 2.95. The van der Waals surface area contributed by atoms with E-state index >= 15 is 0 Å². The van der Waals surface area contributed by atoms with Crippen molar-refractivity contribution in [1.82, 2.24) is 14.5 Å². The second kappa shape index (κ2) is 12.6. The summed E-state index contributed by atoms with van der Waals surface area (Å²) in [6.45, 7) is 11.1. The third kappa shape index (κ3) is 6.84. The zero-order valence-corrected chi connectivity index (χ0v) is 24.2. The molecule has 2 aromatic heterocycles. The molecule has 1 amide bonds. The molecule has 0 atom stereocenters. The van der Waals surface area contributed by atoms with Crippen molar-refractivity contribution in [3.63, 3.8) is 0 Å². The second-order valence-electron chi connectivity index (χ2n) is 10.4. The molecule has 37 heavy (non-hydrogen) atoms. The molecule has 0 bridgehead atoms. The highest BCUT2D eigenvalue weighted by Crippen LogP contribution is 2.37. The molecule has 0 radical (unpaired) electrons. The number of nitrogens with zero attached hydrogens (tertiary/aromatic N) is 3. The van der Waals surface area contributed by atoms with E-state index in [2.05, 4.69) is 39.8 Å². The van der Waals surface area contributed by atoms with Gasteiger partial charge in [0.15, 0.2) is 5.16 Å². The van der Waals surface area contributed by atoms with Crippen molar-refractivity contribution in [2.45, 2.75) is 90.1 Å². The summed E-state index contributed by atoms with van der Waals surface area (Å²) in [7, 11) is 0. The fourth-order valence-corrected chi connectivity index (χ4v) is 6.75. The van der Waals surface area contributed by atoms with Crippen LogP contribution in [0.25, 0.3) is 10.2 Å². The number of carbonyl (C=O) groups is 1. The lowest BCUT2D eigenvalue weighted by molar-refractivity contribution is -0.128. The smallest absolute Gasteiger partial charge is 0.263 e. The first-order chi connectivity index (χ1) is 17.8. The SMILES string of the molecule is CCCCN(CCCC)C(=O)CSc1nc2sc3c(c2c(=O)n1CCc1ccccc1)CC(C)(C)OC3. The van der Waals surface area contributed by atoms with Crippen LogP contribution in [-0.4, -0.2) is 44.8 Å². The molecule has 0 fully saturated rings. The van der Waals surface area contributed by atoms with E-state index < -0.39 is 0 Å². The Bertz CT molecular complexity index is 1260.